The summed E-state index contributed by atoms with van der Waals surface area (Å²) in [4.78, 5) is 4.74. The molecular weight excluding hydrogens is 214 g/mol. The molecule has 1 atom stereocenters. The molecule has 0 saturated carbocycles. The van der Waals surface area contributed by atoms with Crippen LogP contribution in [0.1, 0.15) is 6.92 Å². The third-order valence-electron chi connectivity index (χ3n) is 2.50. The summed E-state index contributed by atoms with van der Waals surface area (Å²) in [5.74, 6) is 0. The molecule has 1 heterocycles. The van der Waals surface area contributed by atoms with Crippen LogP contribution >= 0.6 is 12.4 Å². The number of nitrogens with two attached hydrogens (primary N) is 1. The van der Waals surface area contributed by atoms with E-state index in [-0.39, 0.29) is 18.4 Å². The zero-order valence-corrected chi connectivity index (χ0v) is 10.6. The largest absolute Gasteiger partial charge is 0.379 e. The van der Waals surface area contributed by atoms with Gasteiger partial charge in [0.1, 0.15) is 0 Å². The second kappa shape index (κ2) is 8.30. The molecule has 1 unspecified atom stereocenters. The van der Waals surface area contributed by atoms with E-state index < -0.39 is 0 Å². The van der Waals surface area contributed by atoms with Crippen molar-refractivity contribution in [3.63, 3.8) is 0 Å². The van der Waals surface area contributed by atoms with E-state index in [0.29, 0.717) is 0 Å². The molecule has 5 heteroatoms. The first-order chi connectivity index (χ1) is 6.68. The number of rotatable bonds is 5. The summed E-state index contributed by atoms with van der Waals surface area (Å²) in [6, 6.07) is 0.268. The van der Waals surface area contributed by atoms with Gasteiger partial charge in [-0.2, -0.15) is 0 Å². The maximum atomic E-state index is 5.73. The zero-order valence-electron chi connectivity index (χ0n) is 9.82. The maximum absolute atomic E-state index is 5.73. The van der Waals surface area contributed by atoms with Crippen LogP contribution < -0.4 is 5.73 Å². The van der Waals surface area contributed by atoms with Gasteiger partial charge in [-0.1, -0.05) is 0 Å². The highest BCUT2D eigenvalue weighted by atomic mass is 35.5. The van der Waals surface area contributed by atoms with Gasteiger partial charge in [-0.3, -0.25) is 4.90 Å². The molecule has 0 aromatic heterocycles. The van der Waals surface area contributed by atoms with E-state index >= 15 is 0 Å². The van der Waals surface area contributed by atoms with Crippen LogP contribution in [-0.2, 0) is 4.74 Å². The van der Waals surface area contributed by atoms with Gasteiger partial charge in [0, 0.05) is 38.8 Å². The third kappa shape index (κ3) is 7.09. The fourth-order valence-electron chi connectivity index (χ4n) is 1.72. The smallest absolute Gasteiger partial charge is 0.0594 e. The molecule has 0 aliphatic carbocycles. The number of nitrogens with zero attached hydrogens (tertiary/aromatic N) is 2. The summed E-state index contributed by atoms with van der Waals surface area (Å²) >= 11 is 0. The lowest BCUT2D eigenvalue weighted by molar-refractivity contribution is 0.0343. The van der Waals surface area contributed by atoms with Gasteiger partial charge in [-0.15, -0.1) is 12.4 Å². The van der Waals surface area contributed by atoms with E-state index in [1.54, 1.807) is 0 Å². The Hall–Kier alpha value is 0.130. The molecule has 0 amide bonds. The topological polar surface area (TPSA) is 41.7 Å². The molecular formula is C10H24ClN3O. The molecule has 0 spiro atoms. The van der Waals surface area contributed by atoms with Crippen LogP contribution in [0.25, 0.3) is 0 Å². The molecule has 0 radical (unpaired) electrons. The lowest BCUT2D eigenvalue weighted by Gasteiger charge is -2.29. The Balaban J connectivity index is 0.00000196. The minimum absolute atomic E-state index is 0. The number of halogens is 1. The summed E-state index contributed by atoms with van der Waals surface area (Å²) in [6.07, 6.45) is 0. The first-order valence-electron chi connectivity index (χ1n) is 5.42. The fraction of sp³-hybridized carbons (Fsp3) is 1.00. The SMILES string of the molecule is CC(N)CN(C)CCN1CCOCC1.Cl. The highest BCUT2D eigenvalue weighted by Crippen LogP contribution is 1.96. The molecule has 0 aromatic rings. The maximum Gasteiger partial charge on any atom is 0.0594 e. The predicted molar refractivity (Wildman–Crippen MR) is 65.7 cm³/mol. The monoisotopic (exact) mass is 237 g/mol. The Bertz CT molecular complexity index is 152. The predicted octanol–water partition coefficient (Wildman–Crippen LogP) is 0.0194. The molecule has 4 nitrogen and oxygen atoms in total. The first-order valence-corrected chi connectivity index (χ1v) is 5.42. The lowest BCUT2D eigenvalue weighted by Crippen LogP contribution is -2.42. The van der Waals surface area contributed by atoms with Gasteiger partial charge in [0.15, 0.2) is 0 Å². The van der Waals surface area contributed by atoms with Gasteiger partial charge in [0.25, 0.3) is 0 Å². The van der Waals surface area contributed by atoms with E-state index in [2.05, 4.69) is 16.8 Å². The quantitative estimate of drug-likeness (QED) is 0.732. The average Bonchev–Trinajstić information content (AvgIpc) is 2.15. The minimum Gasteiger partial charge on any atom is -0.379 e. The second-order valence-corrected chi connectivity index (χ2v) is 4.19. The molecule has 0 aromatic carbocycles. The summed E-state index contributed by atoms with van der Waals surface area (Å²) in [5.41, 5.74) is 5.73. The molecule has 15 heavy (non-hydrogen) atoms. The highest BCUT2D eigenvalue weighted by molar-refractivity contribution is 5.85. The summed E-state index contributed by atoms with van der Waals surface area (Å²) < 4.78 is 5.30. The summed E-state index contributed by atoms with van der Waals surface area (Å²) in [7, 11) is 2.13. The van der Waals surface area contributed by atoms with Crippen LogP contribution in [-0.4, -0.2) is 68.8 Å². The Morgan fingerprint density at radius 1 is 1.40 bits per heavy atom. The van der Waals surface area contributed by atoms with Gasteiger partial charge < -0.3 is 15.4 Å². The molecule has 1 fully saturated rings. The van der Waals surface area contributed by atoms with E-state index in [1.807, 2.05) is 6.92 Å². The van der Waals surface area contributed by atoms with Crippen LogP contribution in [0, 0.1) is 0 Å². The number of ether oxygens (including phenoxy) is 1. The molecule has 1 saturated heterocycles. The van der Waals surface area contributed by atoms with Crippen molar-refractivity contribution in [1.82, 2.24) is 9.80 Å². The van der Waals surface area contributed by atoms with Crippen LogP contribution in [0.4, 0.5) is 0 Å². The Morgan fingerprint density at radius 2 is 2.00 bits per heavy atom. The van der Waals surface area contributed by atoms with E-state index in [9.17, 15) is 0 Å². The fourth-order valence-corrected chi connectivity index (χ4v) is 1.72. The highest BCUT2D eigenvalue weighted by Gasteiger charge is 2.10. The van der Waals surface area contributed by atoms with Crippen molar-refractivity contribution in [2.75, 3.05) is 53.0 Å². The Morgan fingerprint density at radius 3 is 2.53 bits per heavy atom. The van der Waals surface area contributed by atoms with Crippen molar-refractivity contribution < 1.29 is 4.74 Å². The number of morpholine rings is 1. The van der Waals surface area contributed by atoms with Gasteiger partial charge in [0.05, 0.1) is 13.2 Å². The second-order valence-electron chi connectivity index (χ2n) is 4.19. The van der Waals surface area contributed by atoms with Gasteiger partial charge in [-0.25, -0.2) is 0 Å². The van der Waals surface area contributed by atoms with Crippen LogP contribution in [0.2, 0.25) is 0 Å². The lowest BCUT2D eigenvalue weighted by atomic mass is 10.3. The van der Waals surface area contributed by atoms with Crippen LogP contribution in [0.5, 0.6) is 0 Å². The van der Waals surface area contributed by atoms with Gasteiger partial charge in [0.2, 0.25) is 0 Å². The third-order valence-corrected chi connectivity index (χ3v) is 2.50. The molecule has 1 rings (SSSR count). The first kappa shape index (κ1) is 15.1. The van der Waals surface area contributed by atoms with E-state index in [0.717, 1.165) is 45.9 Å². The molecule has 0 bridgehead atoms. The van der Waals surface area contributed by atoms with Crippen molar-refractivity contribution in [3.05, 3.63) is 0 Å². The molecule has 1 aliphatic rings. The standard InChI is InChI=1S/C10H23N3O.ClH/c1-10(11)9-12(2)3-4-13-5-7-14-8-6-13;/h10H,3-9,11H2,1-2H3;1H. The van der Waals surface area contributed by atoms with Crippen molar-refractivity contribution in [2.45, 2.75) is 13.0 Å². The Labute approximate surface area is 99.1 Å². The van der Waals surface area contributed by atoms with Crippen molar-refractivity contribution in [1.29, 1.82) is 0 Å². The van der Waals surface area contributed by atoms with Crippen LogP contribution in [0.3, 0.4) is 0 Å². The van der Waals surface area contributed by atoms with Crippen molar-refractivity contribution >= 4 is 12.4 Å². The van der Waals surface area contributed by atoms with E-state index in [1.165, 1.54) is 0 Å². The molecule has 2 N–H and O–H groups in total. The van der Waals surface area contributed by atoms with Gasteiger partial charge in [-0.05, 0) is 14.0 Å². The minimum atomic E-state index is 0. The molecule has 1 aliphatic heterocycles. The van der Waals surface area contributed by atoms with Crippen LogP contribution in [0.15, 0.2) is 0 Å². The van der Waals surface area contributed by atoms with Gasteiger partial charge >= 0.3 is 0 Å². The normalized spacial score (nSPS) is 20.0. The Kier molecular flexibility index (Phi) is 8.37. The zero-order chi connectivity index (χ0) is 10.4. The molecule has 92 valence electrons. The summed E-state index contributed by atoms with van der Waals surface area (Å²) in [5, 5.41) is 0. The summed E-state index contributed by atoms with van der Waals surface area (Å²) in [6.45, 7) is 9.18. The van der Waals surface area contributed by atoms with Crippen molar-refractivity contribution in [3.8, 4) is 0 Å². The van der Waals surface area contributed by atoms with Crippen molar-refractivity contribution in [2.24, 2.45) is 5.73 Å². The number of hydrogen-bond acceptors (Lipinski definition) is 4. The number of hydrogen-bond donors (Lipinski definition) is 1. The average molecular weight is 238 g/mol. The van der Waals surface area contributed by atoms with E-state index in [4.69, 9.17) is 10.5 Å². The number of likely N-dealkylation sites (N-methyl/N-ethyl adjacent to an activating group) is 1.